The predicted molar refractivity (Wildman–Crippen MR) is 75.8 cm³/mol. The molecule has 0 nitrogen and oxygen atoms in total. The summed E-state index contributed by atoms with van der Waals surface area (Å²) in [5.41, 5.74) is 0. The van der Waals surface area contributed by atoms with Crippen molar-refractivity contribution in [3.05, 3.63) is 0 Å². The molecule has 98 valence electrons. The van der Waals surface area contributed by atoms with Gasteiger partial charge in [0.15, 0.2) is 0 Å². The maximum absolute atomic E-state index is 2.35. The molecule has 16 heavy (non-hydrogen) atoms. The van der Waals surface area contributed by atoms with E-state index >= 15 is 0 Å². The van der Waals surface area contributed by atoms with Gasteiger partial charge in [0, 0.05) is 0 Å². The van der Waals surface area contributed by atoms with Gasteiger partial charge in [-0.1, -0.05) is 86.0 Å². The van der Waals surface area contributed by atoms with Gasteiger partial charge in [-0.05, 0) is 17.8 Å². The number of unbranched alkanes of at least 4 members (excludes halogenated alkanes) is 1. The maximum Gasteiger partial charge on any atom is -0.0414 e. The van der Waals surface area contributed by atoms with E-state index < -0.39 is 0 Å². The van der Waals surface area contributed by atoms with Crippen LogP contribution < -0.4 is 0 Å². The Balaban J connectivity index is 3.59. The Labute approximate surface area is 104 Å². The van der Waals surface area contributed by atoms with E-state index in [1.165, 1.54) is 51.4 Å². The summed E-state index contributed by atoms with van der Waals surface area (Å²) in [5, 5.41) is 0. The van der Waals surface area contributed by atoms with Gasteiger partial charge in [-0.2, -0.15) is 0 Å². The molecule has 0 N–H and O–H groups in total. The van der Waals surface area contributed by atoms with Gasteiger partial charge in [0.05, 0.1) is 0 Å². The van der Waals surface area contributed by atoms with E-state index in [1.54, 1.807) is 0 Å². The Morgan fingerprint density at radius 3 is 1.69 bits per heavy atom. The summed E-state index contributed by atoms with van der Waals surface area (Å²) >= 11 is 0. The van der Waals surface area contributed by atoms with E-state index in [4.69, 9.17) is 0 Å². The first-order valence-corrected chi connectivity index (χ1v) is 7.56. The molecule has 0 aliphatic carbocycles. The van der Waals surface area contributed by atoms with E-state index in [-0.39, 0.29) is 0 Å². The molecule has 0 rings (SSSR count). The molecule has 1 atom stereocenters. The smallest absolute Gasteiger partial charge is 0.0414 e. The molecule has 0 bridgehead atoms. The Hall–Kier alpha value is 0. The molecule has 0 aliphatic heterocycles. The highest BCUT2D eigenvalue weighted by molar-refractivity contribution is 4.61. The second-order valence-corrected chi connectivity index (χ2v) is 6.30. The monoisotopic (exact) mass is 226 g/mol. The van der Waals surface area contributed by atoms with Gasteiger partial charge >= 0.3 is 0 Å². The van der Waals surface area contributed by atoms with Gasteiger partial charge < -0.3 is 0 Å². The summed E-state index contributed by atoms with van der Waals surface area (Å²) in [6.07, 6.45) is 11.5. The molecular weight excluding hydrogens is 192 g/mol. The Bertz CT molecular complexity index is 135. The van der Waals surface area contributed by atoms with Crippen molar-refractivity contribution in [3.8, 4) is 0 Å². The fourth-order valence-electron chi connectivity index (χ4n) is 2.40. The first kappa shape index (κ1) is 16.0. The molecule has 0 aromatic heterocycles. The topological polar surface area (TPSA) is 0 Å². The van der Waals surface area contributed by atoms with E-state index in [0.717, 1.165) is 17.8 Å². The third-order valence-electron chi connectivity index (χ3n) is 3.49. The standard InChI is InChI=1S/C16H34/c1-6-9-16(13-12-15(4)5)11-8-7-10-14(2)3/h14-16H,6-13H2,1-5H3. The Kier molecular flexibility index (Phi) is 10.2. The van der Waals surface area contributed by atoms with Crippen LogP contribution in [0.2, 0.25) is 0 Å². The Morgan fingerprint density at radius 1 is 0.625 bits per heavy atom. The minimum atomic E-state index is 0.884. The third kappa shape index (κ3) is 10.5. The van der Waals surface area contributed by atoms with Crippen LogP contribution in [0.5, 0.6) is 0 Å². The van der Waals surface area contributed by atoms with Gasteiger partial charge in [0.25, 0.3) is 0 Å². The average Bonchev–Trinajstić information content (AvgIpc) is 2.20. The molecule has 0 spiro atoms. The van der Waals surface area contributed by atoms with Crippen molar-refractivity contribution in [2.24, 2.45) is 17.8 Å². The normalized spacial score (nSPS) is 13.7. The van der Waals surface area contributed by atoms with Crippen molar-refractivity contribution in [2.75, 3.05) is 0 Å². The molecule has 0 fully saturated rings. The largest absolute Gasteiger partial charge is 0.0654 e. The highest BCUT2D eigenvalue weighted by Gasteiger charge is 2.08. The van der Waals surface area contributed by atoms with Crippen molar-refractivity contribution in [3.63, 3.8) is 0 Å². The van der Waals surface area contributed by atoms with Crippen LogP contribution in [0.4, 0.5) is 0 Å². The van der Waals surface area contributed by atoms with Crippen molar-refractivity contribution >= 4 is 0 Å². The molecule has 0 heterocycles. The van der Waals surface area contributed by atoms with Gasteiger partial charge in [-0.25, -0.2) is 0 Å². The Morgan fingerprint density at radius 2 is 1.19 bits per heavy atom. The minimum absolute atomic E-state index is 0.884. The van der Waals surface area contributed by atoms with E-state index in [2.05, 4.69) is 34.6 Å². The van der Waals surface area contributed by atoms with Gasteiger partial charge in [0.2, 0.25) is 0 Å². The molecule has 0 radical (unpaired) electrons. The SMILES string of the molecule is CCCC(CCCCC(C)C)CCC(C)C. The summed E-state index contributed by atoms with van der Waals surface area (Å²) in [7, 11) is 0. The lowest BCUT2D eigenvalue weighted by atomic mass is 9.89. The van der Waals surface area contributed by atoms with Crippen LogP contribution in [0, 0.1) is 17.8 Å². The molecule has 0 aliphatic rings. The molecule has 0 aromatic rings. The molecule has 0 amide bonds. The molecule has 0 saturated heterocycles. The van der Waals surface area contributed by atoms with Gasteiger partial charge in [-0.3, -0.25) is 0 Å². The zero-order chi connectivity index (χ0) is 12.4. The fraction of sp³-hybridized carbons (Fsp3) is 1.00. The van der Waals surface area contributed by atoms with Crippen LogP contribution in [0.25, 0.3) is 0 Å². The summed E-state index contributed by atoms with van der Waals surface area (Å²) in [6.45, 7) is 11.7. The highest BCUT2D eigenvalue weighted by Crippen LogP contribution is 2.23. The minimum Gasteiger partial charge on any atom is -0.0654 e. The van der Waals surface area contributed by atoms with E-state index in [1.807, 2.05) is 0 Å². The van der Waals surface area contributed by atoms with Crippen LogP contribution in [-0.2, 0) is 0 Å². The molecule has 1 unspecified atom stereocenters. The second-order valence-electron chi connectivity index (χ2n) is 6.30. The molecule has 0 aromatic carbocycles. The highest BCUT2D eigenvalue weighted by atomic mass is 14.1. The first-order chi connectivity index (χ1) is 7.56. The molecular formula is C16H34. The molecule has 0 heteroatoms. The van der Waals surface area contributed by atoms with Crippen molar-refractivity contribution in [1.29, 1.82) is 0 Å². The lowest BCUT2D eigenvalue weighted by Crippen LogP contribution is -2.03. The van der Waals surface area contributed by atoms with Gasteiger partial charge in [0.1, 0.15) is 0 Å². The fourth-order valence-corrected chi connectivity index (χ4v) is 2.40. The van der Waals surface area contributed by atoms with Crippen LogP contribution >= 0.6 is 0 Å². The summed E-state index contributed by atoms with van der Waals surface area (Å²) in [6, 6.07) is 0. The zero-order valence-corrected chi connectivity index (χ0v) is 12.4. The lowest BCUT2D eigenvalue weighted by Gasteiger charge is -2.17. The van der Waals surface area contributed by atoms with Crippen molar-refractivity contribution in [1.82, 2.24) is 0 Å². The first-order valence-electron chi connectivity index (χ1n) is 7.56. The lowest BCUT2D eigenvalue weighted by molar-refractivity contribution is 0.358. The van der Waals surface area contributed by atoms with Crippen LogP contribution in [0.15, 0.2) is 0 Å². The number of rotatable bonds is 10. The van der Waals surface area contributed by atoms with E-state index in [0.29, 0.717) is 0 Å². The zero-order valence-electron chi connectivity index (χ0n) is 12.4. The summed E-state index contributed by atoms with van der Waals surface area (Å²) < 4.78 is 0. The predicted octanol–water partition coefficient (Wildman–Crippen LogP) is 6.06. The number of hydrogen-bond donors (Lipinski definition) is 0. The maximum atomic E-state index is 2.35. The quantitative estimate of drug-likeness (QED) is 0.397. The average molecular weight is 226 g/mol. The van der Waals surface area contributed by atoms with Crippen LogP contribution in [0.3, 0.4) is 0 Å². The second kappa shape index (κ2) is 10.2. The summed E-state index contributed by atoms with van der Waals surface area (Å²) in [4.78, 5) is 0. The molecule has 0 saturated carbocycles. The van der Waals surface area contributed by atoms with Crippen molar-refractivity contribution in [2.45, 2.75) is 86.0 Å². The van der Waals surface area contributed by atoms with Gasteiger partial charge in [-0.15, -0.1) is 0 Å². The van der Waals surface area contributed by atoms with Crippen molar-refractivity contribution < 1.29 is 0 Å². The van der Waals surface area contributed by atoms with E-state index in [9.17, 15) is 0 Å². The van der Waals surface area contributed by atoms with Crippen LogP contribution in [0.1, 0.15) is 86.0 Å². The van der Waals surface area contributed by atoms with Crippen LogP contribution in [-0.4, -0.2) is 0 Å². The number of hydrogen-bond acceptors (Lipinski definition) is 0. The third-order valence-corrected chi connectivity index (χ3v) is 3.49. The summed E-state index contributed by atoms with van der Waals surface area (Å²) in [5.74, 6) is 2.79.